The topological polar surface area (TPSA) is 12.9 Å². The molecule has 0 aromatic carbocycles. The van der Waals surface area contributed by atoms with Gasteiger partial charge in [0.15, 0.2) is 0 Å². The first-order valence-electron chi connectivity index (χ1n) is 4.32. The van der Waals surface area contributed by atoms with Gasteiger partial charge in [0.05, 0.1) is 0 Å². The van der Waals surface area contributed by atoms with Crippen LogP contribution in [-0.2, 0) is 6.42 Å². The lowest BCUT2D eigenvalue weighted by Crippen LogP contribution is -2.24. The van der Waals surface area contributed by atoms with Gasteiger partial charge >= 0.3 is 0 Å². The lowest BCUT2D eigenvalue weighted by Gasteiger charge is -2.23. The van der Waals surface area contributed by atoms with Gasteiger partial charge in [-0.15, -0.1) is 23.2 Å². The summed E-state index contributed by atoms with van der Waals surface area (Å²) in [6.07, 6.45) is 2.60. The summed E-state index contributed by atoms with van der Waals surface area (Å²) < 4.78 is 0.986. The lowest BCUT2D eigenvalue weighted by atomic mass is 9.90. The molecule has 4 heteroatoms. The molecule has 0 saturated heterocycles. The van der Waals surface area contributed by atoms with E-state index < -0.39 is 0 Å². The normalized spacial score (nSPS) is 11.7. The minimum Gasteiger partial charge on any atom is -0.260 e. The first-order valence-corrected chi connectivity index (χ1v) is 6.18. The highest BCUT2D eigenvalue weighted by atomic mass is 79.9. The van der Waals surface area contributed by atoms with Crippen LogP contribution in [0, 0.1) is 5.41 Å². The Kier molecular flexibility index (Phi) is 4.68. The van der Waals surface area contributed by atoms with Gasteiger partial charge in [-0.3, -0.25) is 4.98 Å². The Morgan fingerprint density at radius 2 is 2.00 bits per heavy atom. The Morgan fingerprint density at radius 3 is 2.43 bits per heavy atom. The molecule has 0 radical (unpaired) electrons. The molecule has 0 aliphatic rings. The third-order valence-electron chi connectivity index (χ3n) is 2.04. The SMILES string of the molecule is CC(CCl)(CCl)Cc1ccc(Br)cn1. The van der Waals surface area contributed by atoms with E-state index in [2.05, 4.69) is 27.8 Å². The molecule has 0 amide bonds. The Morgan fingerprint density at radius 1 is 1.36 bits per heavy atom. The third-order valence-corrected chi connectivity index (χ3v) is 3.80. The number of halogens is 3. The number of pyridine rings is 1. The molecule has 0 aliphatic heterocycles. The van der Waals surface area contributed by atoms with Crippen LogP contribution in [-0.4, -0.2) is 16.7 Å². The van der Waals surface area contributed by atoms with Crippen LogP contribution in [0.25, 0.3) is 0 Å². The second-order valence-corrected chi connectivity index (χ2v) is 5.17. The zero-order chi connectivity index (χ0) is 10.6. The van der Waals surface area contributed by atoms with E-state index in [1.54, 1.807) is 6.20 Å². The van der Waals surface area contributed by atoms with E-state index in [4.69, 9.17) is 23.2 Å². The van der Waals surface area contributed by atoms with Crippen molar-refractivity contribution in [1.82, 2.24) is 4.98 Å². The third kappa shape index (κ3) is 3.41. The van der Waals surface area contributed by atoms with Crippen molar-refractivity contribution >= 4 is 39.1 Å². The maximum absolute atomic E-state index is 5.87. The molecule has 0 spiro atoms. The quantitative estimate of drug-likeness (QED) is 0.769. The van der Waals surface area contributed by atoms with Gasteiger partial charge in [0.1, 0.15) is 0 Å². The van der Waals surface area contributed by atoms with E-state index >= 15 is 0 Å². The molecule has 0 aliphatic carbocycles. The Balaban J connectivity index is 2.72. The van der Waals surface area contributed by atoms with E-state index in [0.717, 1.165) is 16.6 Å². The standard InChI is InChI=1S/C10H12BrCl2N/c1-10(6-12,7-13)4-9-3-2-8(11)5-14-9/h2-3,5H,4,6-7H2,1H3. The minimum atomic E-state index is -0.0655. The van der Waals surface area contributed by atoms with E-state index in [0.29, 0.717) is 11.8 Å². The number of nitrogens with zero attached hydrogens (tertiary/aromatic N) is 1. The summed E-state index contributed by atoms with van der Waals surface area (Å²) in [5, 5.41) is 0. The van der Waals surface area contributed by atoms with Crippen molar-refractivity contribution in [2.24, 2.45) is 5.41 Å². The van der Waals surface area contributed by atoms with Crippen molar-refractivity contribution in [3.8, 4) is 0 Å². The largest absolute Gasteiger partial charge is 0.260 e. The molecule has 0 unspecified atom stereocenters. The van der Waals surface area contributed by atoms with Crippen molar-refractivity contribution in [3.05, 3.63) is 28.5 Å². The van der Waals surface area contributed by atoms with Crippen LogP contribution in [0.3, 0.4) is 0 Å². The van der Waals surface area contributed by atoms with Crippen molar-refractivity contribution in [3.63, 3.8) is 0 Å². The fraction of sp³-hybridized carbons (Fsp3) is 0.500. The first-order chi connectivity index (χ1) is 6.59. The number of alkyl halides is 2. The van der Waals surface area contributed by atoms with E-state index in [1.807, 2.05) is 12.1 Å². The minimum absolute atomic E-state index is 0.0655. The van der Waals surface area contributed by atoms with Crippen LogP contribution in [0.15, 0.2) is 22.8 Å². The van der Waals surface area contributed by atoms with E-state index in [-0.39, 0.29) is 5.41 Å². The van der Waals surface area contributed by atoms with Gasteiger partial charge in [-0.25, -0.2) is 0 Å². The van der Waals surface area contributed by atoms with Crippen LogP contribution in [0.1, 0.15) is 12.6 Å². The molecule has 0 atom stereocenters. The van der Waals surface area contributed by atoms with Gasteiger partial charge in [0.2, 0.25) is 0 Å². The molecule has 0 bridgehead atoms. The van der Waals surface area contributed by atoms with Gasteiger partial charge in [-0.1, -0.05) is 6.92 Å². The average molecular weight is 297 g/mol. The zero-order valence-electron chi connectivity index (χ0n) is 7.93. The van der Waals surface area contributed by atoms with Crippen LogP contribution < -0.4 is 0 Å². The fourth-order valence-corrected chi connectivity index (χ4v) is 1.79. The molecule has 78 valence electrons. The van der Waals surface area contributed by atoms with Gasteiger partial charge in [-0.05, 0) is 34.5 Å². The summed E-state index contributed by atoms with van der Waals surface area (Å²) in [4.78, 5) is 4.30. The van der Waals surface area contributed by atoms with Crippen LogP contribution in [0.5, 0.6) is 0 Å². The van der Waals surface area contributed by atoms with E-state index in [1.165, 1.54) is 0 Å². The molecule has 1 aromatic rings. The van der Waals surface area contributed by atoms with Gasteiger partial charge in [-0.2, -0.15) is 0 Å². The number of aromatic nitrogens is 1. The summed E-state index contributed by atoms with van der Waals surface area (Å²) in [6.45, 7) is 2.07. The fourth-order valence-electron chi connectivity index (χ4n) is 1.08. The smallest absolute Gasteiger partial charge is 0.0413 e. The highest BCUT2D eigenvalue weighted by molar-refractivity contribution is 9.10. The highest BCUT2D eigenvalue weighted by Gasteiger charge is 2.23. The first kappa shape index (κ1) is 12.3. The van der Waals surface area contributed by atoms with Gasteiger partial charge in [0.25, 0.3) is 0 Å². The van der Waals surface area contributed by atoms with Gasteiger partial charge < -0.3 is 0 Å². The summed E-state index contributed by atoms with van der Waals surface area (Å²) in [7, 11) is 0. The molecule has 0 N–H and O–H groups in total. The molecule has 14 heavy (non-hydrogen) atoms. The van der Waals surface area contributed by atoms with Crippen LogP contribution in [0.4, 0.5) is 0 Å². The second-order valence-electron chi connectivity index (χ2n) is 3.72. The maximum atomic E-state index is 5.87. The Bertz CT molecular complexity index is 283. The maximum Gasteiger partial charge on any atom is 0.0413 e. The monoisotopic (exact) mass is 295 g/mol. The van der Waals surface area contributed by atoms with E-state index in [9.17, 15) is 0 Å². The molecule has 1 aromatic heterocycles. The average Bonchev–Trinajstić information content (AvgIpc) is 2.21. The van der Waals surface area contributed by atoms with Crippen LogP contribution in [0.2, 0.25) is 0 Å². The van der Waals surface area contributed by atoms with Crippen molar-refractivity contribution < 1.29 is 0 Å². The molecule has 1 nitrogen and oxygen atoms in total. The molecule has 1 heterocycles. The van der Waals surface area contributed by atoms with Crippen molar-refractivity contribution in [2.75, 3.05) is 11.8 Å². The summed E-state index contributed by atoms with van der Waals surface area (Å²) in [5.41, 5.74) is 0.959. The molecular weight excluding hydrogens is 285 g/mol. The molecular formula is C10H12BrCl2N. The highest BCUT2D eigenvalue weighted by Crippen LogP contribution is 2.25. The van der Waals surface area contributed by atoms with Crippen molar-refractivity contribution in [2.45, 2.75) is 13.3 Å². The van der Waals surface area contributed by atoms with Gasteiger partial charge in [0, 0.05) is 33.5 Å². The molecule has 0 saturated carbocycles. The summed E-state index contributed by atoms with van der Waals surface area (Å²) in [6, 6.07) is 3.96. The predicted molar refractivity (Wildman–Crippen MR) is 65.2 cm³/mol. The Labute approximate surface area is 103 Å². The number of hydrogen-bond donors (Lipinski definition) is 0. The van der Waals surface area contributed by atoms with Crippen molar-refractivity contribution in [1.29, 1.82) is 0 Å². The summed E-state index contributed by atoms with van der Waals surface area (Å²) >= 11 is 15.1. The lowest BCUT2D eigenvalue weighted by molar-refractivity contribution is 0.420. The molecule has 0 fully saturated rings. The number of hydrogen-bond acceptors (Lipinski definition) is 1. The Hall–Kier alpha value is 0.210. The summed E-state index contributed by atoms with van der Waals surface area (Å²) in [5.74, 6) is 1.10. The number of rotatable bonds is 4. The zero-order valence-corrected chi connectivity index (χ0v) is 11.0. The predicted octanol–water partition coefficient (Wildman–Crippen LogP) is 3.87. The molecule has 1 rings (SSSR count). The second kappa shape index (κ2) is 5.34. The van der Waals surface area contributed by atoms with Crippen LogP contribution >= 0.6 is 39.1 Å².